The van der Waals surface area contributed by atoms with Crippen molar-refractivity contribution in [2.45, 2.75) is 13.1 Å². The molecule has 1 aliphatic rings. The normalized spacial score (nSPS) is 13.4. The molecule has 0 spiro atoms. The van der Waals surface area contributed by atoms with Crippen molar-refractivity contribution in [3.8, 4) is 28.4 Å². The number of fused-ring (bicyclic) bond motifs is 3. The van der Waals surface area contributed by atoms with E-state index in [-0.39, 0.29) is 5.63 Å². The van der Waals surface area contributed by atoms with Gasteiger partial charge >= 0.3 is 5.63 Å². The van der Waals surface area contributed by atoms with Gasteiger partial charge in [-0.05, 0) is 53.6 Å². The second-order valence-corrected chi connectivity index (χ2v) is 7.75. The SMILES string of the molecule is COc1ccc(CN2COc3ccc4cc(-c5ccc(OC)cc5)c(=O)oc4c3C2)cc1. The zero-order chi connectivity index (χ0) is 22.1. The third-order valence-corrected chi connectivity index (χ3v) is 5.71. The number of ether oxygens (including phenoxy) is 3. The standard InChI is InChI=1S/C26H23NO5/c1-29-20-8-3-17(4-9-20)14-27-15-23-24(31-16-27)12-7-19-13-22(26(28)32-25(19)23)18-5-10-21(30-2)11-6-18/h3-13H,14-16H2,1-2H3. The van der Waals surface area contributed by atoms with Gasteiger partial charge in [0, 0.05) is 18.5 Å². The number of benzene rings is 3. The maximum Gasteiger partial charge on any atom is 0.344 e. The fraction of sp³-hybridized carbons (Fsp3) is 0.192. The van der Waals surface area contributed by atoms with E-state index in [0.717, 1.165) is 39.3 Å². The second kappa shape index (κ2) is 8.40. The van der Waals surface area contributed by atoms with Crippen LogP contribution in [0.2, 0.25) is 0 Å². The lowest BCUT2D eigenvalue weighted by molar-refractivity contribution is 0.0889. The smallest absolute Gasteiger partial charge is 0.344 e. The maximum absolute atomic E-state index is 12.8. The van der Waals surface area contributed by atoms with Gasteiger partial charge in [0.05, 0.1) is 25.3 Å². The molecule has 1 aliphatic heterocycles. The van der Waals surface area contributed by atoms with Gasteiger partial charge in [-0.25, -0.2) is 4.79 Å². The van der Waals surface area contributed by atoms with E-state index in [9.17, 15) is 4.79 Å². The van der Waals surface area contributed by atoms with Crippen LogP contribution in [0.15, 0.2) is 75.9 Å². The molecule has 162 valence electrons. The van der Waals surface area contributed by atoms with Crippen LogP contribution in [0.4, 0.5) is 0 Å². The van der Waals surface area contributed by atoms with Gasteiger partial charge < -0.3 is 18.6 Å². The van der Waals surface area contributed by atoms with Crippen molar-refractivity contribution in [3.63, 3.8) is 0 Å². The van der Waals surface area contributed by atoms with Crippen LogP contribution >= 0.6 is 0 Å². The minimum absolute atomic E-state index is 0.372. The Morgan fingerprint density at radius 3 is 2.28 bits per heavy atom. The summed E-state index contributed by atoms with van der Waals surface area (Å²) < 4.78 is 22.2. The zero-order valence-electron chi connectivity index (χ0n) is 18.0. The fourth-order valence-corrected chi connectivity index (χ4v) is 4.00. The Morgan fingerprint density at radius 1 is 0.906 bits per heavy atom. The molecule has 4 aromatic rings. The summed E-state index contributed by atoms with van der Waals surface area (Å²) in [5, 5.41) is 0.865. The van der Waals surface area contributed by atoms with E-state index >= 15 is 0 Å². The Hall–Kier alpha value is -3.77. The largest absolute Gasteiger partial charge is 0.497 e. The maximum atomic E-state index is 12.8. The van der Waals surface area contributed by atoms with Crippen LogP contribution < -0.4 is 19.8 Å². The topological polar surface area (TPSA) is 61.1 Å². The van der Waals surface area contributed by atoms with E-state index < -0.39 is 0 Å². The zero-order valence-corrected chi connectivity index (χ0v) is 18.0. The molecule has 0 N–H and O–H groups in total. The second-order valence-electron chi connectivity index (χ2n) is 7.75. The molecular formula is C26H23NO5. The van der Waals surface area contributed by atoms with Gasteiger partial charge in [0.15, 0.2) is 0 Å². The van der Waals surface area contributed by atoms with E-state index in [2.05, 4.69) is 4.90 Å². The first kappa shape index (κ1) is 20.2. The third-order valence-electron chi connectivity index (χ3n) is 5.71. The molecule has 0 saturated carbocycles. The lowest BCUT2D eigenvalue weighted by Crippen LogP contribution is -2.31. The van der Waals surface area contributed by atoms with Crippen molar-refractivity contribution in [2.75, 3.05) is 21.0 Å². The third kappa shape index (κ3) is 3.81. The Morgan fingerprint density at radius 2 is 1.59 bits per heavy atom. The quantitative estimate of drug-likeness (QED) is 0.424. The Labute approximate surface area is 185 Å². The summed E-state index contributed by atoms with van der Waals surface area (Å²) in [7, 11) is 3.27. The molecule has 32 heavy (non-hydrogen) atoms. The molecule has 0 amide bonds. The summed E-state index contributed by atoms with van der Waals surface area (Å²) in [5.41, 5.74) is 3.55. The molecule has 0 saturated heterocycles. The van der Waals surface area contributed by atoms with Crippen molar-refractivity contribution < 1.29 is 18.6 Å². The molecule has 6 heteroatoms. The predicted octanol–water partition coefficient (Wildman–Crippen LogP) is 4.83. The van der Waals surface area contributed by atoms with Crippen molar-refractivity contribution >= 4 is 11.0 Å². The van der Waals surface area contributed by atoms with Crippen LogP contribution in [0.1, 0.15) is 11.1 Å². The van der Waals surface area contributed by atoms with Crippen molar-refractivity contribution in [3.05, 3.63) is 88.3 Å². The monoisotopic (exact) mass is 429 g/mol. The Bertz CT molecular complexity index is 1310. The van der Waals surface area contributed by atoms with Crippen LogP contribution in [-0.2, 0) is 13.1 Å². The minimum atomic E-state index is -0.372. The molecule has 2 heterocycles. The minimum Gasteiger partial charge on any atom is -0.497 e. The number of methoxy groups -OCH3 is 2. The fourth-order valence-electron chi connectivity index (χ4n) is 4.00. The van der Waals surface area contributed by atoms with Crippen molar-refractivity contribution in [1.82, 2.24) is 4.90 Å². The first-order chi connectivity index (χ1) is 15.6. The van der Waals surface area contributed by atoms with E-state index in [1.165, 1.54) is 0 Å². The summed E-state index contributed by atoms with van der Waals surface area (Å²) >= 11 is 0. The first-order valence-electron chi connectivity index (χ1n) is 10.4. The van der Waals surface area contributed by atoms with Crippen LogP contribution in [0.5, 0.6) is 17.2 Å². The molecule has 0 aliphatic carbocycles. The van der Waals surface area contributed by atoms with Gasteiger partial charge in [0.2, 0.25) is 0 Å². The molecule has 3 aromatic carbocycles. The first-order valence-corrected chi connectivity index (χ1v) is 10.4. The number of hydrogen-bond donors (Lipinski definition) is 0. The van der Waals surface area contributed by atoms with Gasteiger partial charge in [-0.15, -0.1) is 0 Å². The van der Waals surface area contributed by atoms with Gasteiger partial charge in [-0.1, -0.05) is 24.3 Å². The highest BCUT2D eigenvalue weighted by atomic mass is 16.5. The molecular weight excluding hydrogens is 406 g/mol. The van der Waals surface area contributed by atoms with Crippen LogP contribution in [0.25, 0.3) is 22.1 Å². The summed E-state index contributed by atoms with van der Waals surface area (Å²) in [4.78, 5) is 15.0. The highest BCUT2D eigenvalue weighted by Gasteiger charge is 2.22. The van der Waals surface area contributed by atoms with Crippen molar-refractivity contribution in [2.24, 2.45) is 0 Å². The highest BCUT2D eigenvalue weighted by Crippen LogP contribution is 2.34. The van der Waals surface area contributed by atoms with E-state index in [4.69, 9.17) is 18.6 Å². The molecule has 5 rings (SSSR count). The molecule has 0 atom stereocenters. The van der Waals surface area contributed by atoms with E-state index in [0.29, 0.717) is 31.0 Å². The summed E-state index contributed by atoms with van der Waals surface area (Å²) in [5.74, 6) is 2.32. The van der Waals surface area contributed by atoms with Gasteiger partial charge in [-0.2, -0.15) is 0 Å². The number of hydrogen-bond acceptors (Lipinski definition) is 6. The summed E-state index contributed by atoms with van der Waals surface area (Å²) in [6.07, 6.45) is 0. The highest BCUT2D eigenvalue weighted by molar-refractivity contribution is 5.86. The van der Waals surface area contributed by atoms with Gasteiger partial charge in [0.1, 0.15) is 29.6 Å². The summed E-state index contributed by atoms with van der Waals surface area (Å²) in [6.45, 7) is 1.82. The predicted molar refractivity (Wildman–Crippen MR) is 122 cm³/mol. The van der Waals surface area contributed by atoms with Gasteiger partial charge in [-0.3, -0.25) is 4.90 Å². The molecule has 0 unspecified atom stereocenters. The average Bonchev–Trinajstić information content (AvgIpc) is 2.84. The molecule has 0 radical (unpaired) electrons. The number of rotatable bonds is 5. The average molecular weight is 429 g/mol. The Balaban J connectivity index is 1.46. The molecule has 0 bridgehead atoms. The van der Waals surface area contributed by atoms with Gasteiger partial charge in [0.25, 0.3) is 0 Å². The van der Waals surface area contributed by atoms with E-state index in [1.54, 1.807) is 14.2 Å². The Kier molecular flexibility index (Phi) is 5.29. The molecule has 0 fully saturated rings. The lowest BCUT2D eigenvalue weighted by atomic mass is 10.0. The van der Waals surface area contributed by atoms with Crippen LogP contribution in [-0.4, -0.2) is 25.9 Å². The van der Waals surface area contributed by atoms with E-state index in [1.807, 2.05) is 66.7 Å². The molecule has 6 nitrogen and oxygen atoms in total. The molecule has 1 aromatic heterocycles. The summed E-state index contributed by atoms with van der Waals surface area (Å²) in [6, 6.07) is 21.1. The van der Waals surface area contributed by atoms with Crippen molar-refractivity contribution in [1.29, 1.82) is 0 Å². The lowest BCUT2D eigenvalue weighted by Gasteiger charge is -2.29. The van der Waals surface area contributed by atoms with Crippen LogP contribution in [0, 0.1) is 0 Å². The number of nitrogens with zero attached hydrogens (tertiary/aromatic N) is 1. The van der Waals surface area contributed by atoms with Crippen LogP contribution in [0.3, 0.4) is 0 Å².